The zero-order valence-electron chi connectivity index (χ0n) is 23.2. The largest absolute Gasteiger partial charge is 0.495 e. The van der Waals surface area contributed by atoms with Crippen molar-refractivity contribution in [1.29, 1.82) is 0 Å². The van der Waals surface area contributed by atoms with Gasteiger partial charge in [0.2, 0.25) is 0 Å². The Hall–Kier alpha value is -4.68. The Bertz CT molecular complexity index is 1730. The summed E-state index contributed by atoms with van der Waals surface area (Å²) in [5.41, 5.74) is 3.05. The lowest BCUT2D eigenvalue weighted by atomic mass is 10.1. The third-order valence-electron chi connectivity index (χ3n) is 7.43. The summed E-state index contributed by atoms with van der Waals surface area (Å²) < 4.78 is 28.3. The molecule has 5 heterocycles. The van der Waals surface area contributed by atoms with Crippen LogP contribution in [0.15, 0.2) is 61.1 Å². The fourth-order valence-electron chi connectivity index (χ4n) is 5.26. The molecule has 2 amide bonds. The van der Waals surface area contributed by atoms with Gasteiger partial charge in [0.15, 0.2) is 0 Å². The number of ether oxygens (including phenoxy) is 2. The number of methoxy groups -OCH3 is 1. The van der Waals surface area contributed by atoms with E-state index in [1.807, 2.05) is 6.07 Å². The van der Waals surface area contributed by atoms with Crippen molar-refractivity contribution in [3.8, 4) is 5.75 Å². The number of carbonyl (C=O) groups is 2. The number of allylic oxidation sites excluding steroid dienone is 1. The fourth-order valence-corrected chi connectivity index (χ4v) is 5.26. The van der Waals surface area contributed by atoms with Gasteiger partial charge in [-0.2, -0.15) is 9.14 Å². The van der Waals surface area contributed by atoms with Crippen molar-refractivity contribution in [2.24, 2.45) is 0 Å². The molecule has 11 nitrogen and oxygen atoms in total. The number of hydrogen-bond acceptors (Lipinski definition) is 8. The number of pyridine rings is 2. The van der Waals surface area contributed by atoms with E-state index in [0.29, 0.717) is 78.5 Å². The quantitative estimate of drug-likeness (QED) is 0.294. The van der Waals surface area contributed by atoms with Crippen molar-refractivity contribution in [3.05, 3.63) is 72.5 Å². The predicted octanol–water partition coefficient (Wildman–Crippen LogP) is 2.26. The highest BCUT2D eigenvalue weighted by Gasteiger charge is 2.29. The molecule has 0 atom stereocenters. The summed E-state index contributed by atoms with van der Waals surface area (Å²) >= 11 is 0. The maximum absolute atomic E-state index is 14.4. The number of fused-ring (bicyclic) bond motifs is 2. The Labute approximate surface area is 241 Å². The summed E-state index contributed by atoms with van der Waals surface area (Å²) in [7, 11) is 1.57. The third-order valence-corrected chi connectivity index (χ3v) is 7.43. The molecule has 2 aliphatic heterocycles. The first-order chi connectivity index (χ1) is 20.5. The van der Waals surface area contributed by atoms with Crippen LogP contribution in [0, 0.1) is 5.82 Å². The number of morpholine rings is 1. The van der Waals surface area contributed by atoms with E-state index >= 15 is 0 Å². The molecule has 1 aromatic carbocycles. The van der Waals surface area contributed by atoms with Gasteiger partial charge in [-0.3, -0.25) is 14.7 Å². The van der Waals surface area contributed by atoms with E-state index < -0.39 is 5.82 Å². The second-order valence-corrected chi connectivity index (χ2v) is 9.99. The predicted molar refractivity (Wildman–Crippen MR) is 156 cm³/mol. The number of hydrogen-bond donors (Lipinski definition) is 2. The Balaban J connectivity index is 1.23. The van der Waals surface area contributed by atoms with Crippen LogP contribution < -0.4 is 15.4 Å². The van der Waals surface area contributed by atoms with Crippen molar-refractivity contribution >= 4 is 45.3 Å². The van der Waals surface area contributed by atoms with Crippen molar-refractivity contribution in [3.63, 3.8) is 0 Å². The monoisotopic (exact) mass is 572 g/mol. The van der Waals surface area contributed by atoms with Gasteiger partial charge in [0.05, 0.1) is 49.8 Å². The summed E-state index contributed by atoms with van der Waals surface area (Å²) in [6, 6.07) is 7.94. The summed E-state index contributed by atoms with van der Waals surface area (Å²) in [5.74, 6) is 0.253. The molecule has 2 N–H and O–H groups in total. The molecule has 0 bridgehead atoms. The van der Waals surface area contributed by atoms with E-state index in [1.54, 1.807) is 53.1 Å². The zero-order chi connectivity index (χ0) is 29.1. The van der Waals surface area contributed by atoms with Gasteiger partial charge >= 0.3 is 5.91 Å². The van der Waals surface area contributed by atoms with Crippen molar-refractivity contribution in [2.75, 3.05) is 64.9 Å². The van der Waals surface area contributed by atoms with Crippen LogP contribution in [0.1, 0.15) is 10.4 Å². The van der Waals surface area contributed by atoms with Gasteiger partial charge in [-0.05, 0) is 18.2 Å². The molecule has 0 radical (unpaired) electrons. The second-order valence-electron chi connectivity index (χ2n) is 9.99. The molecule has 6 rings (SSSR count). The van der Waals surface area contributed by atoms with Crippen LogP contribution in [0.3, 0.4) is 0 Å². The summed E-state index contributed by atoms with van der Waals surface area (Å²) in [4.78, 5) is 37.2. The molecule has 42 heavy (non-hydrogen) atoms. The average Bonchev–Trinajstić information content (AvgIpc) is 3.56. The molecule has 0 unspecified atom stereocenters. The first-order valence-electron chi connectivity index (χ1n) is 13.8. The Morgan fingerprint density at radius 3 is 2.83 bits per heavy atom. The van der Waals surface area contributed by atoms with Crippen LogP contribution in [0.5, 0.6) is 5.75 Å². The lowest BCUT2D eigenvalue weighted by Gasteiger charge is -2.26. The molecule has 216 valence electrons. The van der Waals surface area contributed by atoms with Gasteiger partial charge in [0, 0.05) is 62.0 Å². The highest BCUT2D eigenvalue weighted by Crippen LogP contribution is 2.25. The third kappa shape index (κ3) is 5.58. The zero-order valence-corrected chi connectivity index (χ0v) is 23.2. The van der Waals surface area contributed by atoms with Crippen LogP contribution in [-0.2, 0) is 9.53 Å². The topological polar surface area (TPSA) is 114 Å². The van der Waals surface area contributed by atoms with E-state index in [2.05, 4.69) is 25.5 Å². The van der Waals surface area contributed by atoms with Crippen LogP contribution in [0.4, 0.5) is 10.1 Å². The lowest BCUT2D eigenvalue weighted by Crippen LogP contribution is -2.41. The number of nitrogens with zero attached hydrogens (tertiary/aromatic N) is 5. The van der Waals surface area contributed by atoms with Gasteiger partial charge in [-0.1, -0.05) is 0 Å². The minimum atomic E-state index is -0.433. The van der Waals surface area contributed by atoms with Gasteiger partial charge in [-0.15, -0.1) is 0 Å². The van der Waals surface area contributed by atoms with Crippen LogP contribution in [0.25, 0.3) is 21.9 Å². The van der Waals surface area contributed by atoms with Gasteiger partial charge in [0.25, 0.3) is 11.7 Å². The van der Waals surface area contributed by atoms with E-state index in [4.69, 9.17) is 9.47 Å². The van der Waals surface area contributed by atoms with E-state index in [-0.39, 0.29) is 11.8 Å². The molecular weight excluding hydrogens is 541 g/mol. The minimum Gasteiger partial charge on any atom is -0.495 e. The maximum atomic E-state index is 14.4. The average molecular weight is 573 g/mol. The summed E-state index contributed by atoms with van der Waals surface area (Å²) in [6.07, 6.45) is 8.13. The number of anilines is 1. The number of benzene rings is 1. The van der Waals surface area contributed by atoms with Gasteiger partial charge < -0.3 is 20.1 Å². The molecule has 0 spiro atoms. The van der Waals surface area contributed by atoms with Crippen molar-refractivity contribution in [1.82, 2.24) is 24.8 Å². The highest BCUT2D eigenvalue weighted by molar-refractivity contribution is 6.13. The normalized spacial score (nSPS) is 15.6. The number of aromatic nitrogens is 3. The van der Waals surface area contributed by atoms with Gasteiger partial charge in [-0.25, -0.2) is 14.2 Å². The Morgan fingerprint density at radius 2 is 2.00 bits per heavy atom. The van der Waals surface area contributed by atoms with Crippen molar-refractivity contribution in [2.45, 2.75) is 0 Å². The lowest BCUT2D eigenvalue weighted by molar-refractivity contribution is -0.439. The molecule has 1 fully saturated rings. The van der Waals surface area contributed by atoms with E-state index in [1.165, 1.54) is 18.2 Å². The number of rotatable bonds is 9. The molecule has 12 heteroatoms. The molecule has 2 aliphatic rings. The molecule has 3 aromatic heterocycles. The standard InChI is InChI=1S/C30H30FN7O4/c1-41-21-17-25-29(35-18-21)24(6-7-32-25)33-9-11-37-27(4-5-28(37)39)38-19-23(22-3-2-20(31)16-26(22)38)30(40)34-8-10-36-12-14-42-15-13-36/h2-7,16-19H,8-15H2,1H3,(H-,32,33,34,40)/p+1. The molecular formula is C30H31FN7O4+. The van der Waals surface area contributed by atoms with Crippen LogP contribution >= 0.6 is 0 Å². The number of nitrogens with one attached hydrogen (secondary N) is 2. The second kappa shape index (κ2) is 12.0. The Kier molecular flexibility index (Phi) is 7.89. The Morgan fingerprint density at radius 1 is 1.14 bits per heavy atom. The summed E-state index contributed by atoms with van der Waals surface area (Å²) in [5, 5.41) is 6.93. The number of amides is 2. The highest BCUT2D eigenvalue weighted by atomic mass is 19.1. The minimum absolute atomic E-state index is 0.205. The van der Waals surface area contributed by atoms with E-state index in [9.17, 15) is 14.0 Å². The smallest absolute Gasteiger partial charge is 0.334 e. The van der Waals surface area contributed by atoms with Crippen LogP contribution in [0.2, 0.25) is 0 Å². The van der Waals surface area contributed by atoms with Gasteiger partial charge in [0.1, 0.15) is 35.3 Å². The maximum Gasteiger partial charge on any atom is 0.334 e. The fraction of sp³-hybridized carbons (Fsp3) is 0.300. The SMILES string of the molecule is COc1cnc2c(NCC[N+]3=C(n4cc(C(=O)NCCN5CCOCC5)c5ccc(F)cc54)C=CC3=O)ccnc2c1. The summed E-state index contributed by atoms with van der Waals surface area (Å²) in [6.45, 7) is 4.97. The molecule has 0 saturated carbocycles. The number of carbonyl (C=O) groups excluding carboxylic acids is 2. The molecule has 4 aromatic rings. The first-order valence-corrected chi connectivity index (χ1v) is 13.8. The number of halogens is 1. The van der Waals surface area contributed by atoms with E-state index in [0.717, 1.165) is 18.8 Å². The van der Waals surface area contributed by atoms with Crippen molar-refractivity contribution < 1.29 is 28.0 Å². The molecule has 1 saturated heterocycles. The molecule has 0 aliphatic carbocycles. The first kappa shape index (κ1) is 27.5. The van der Waals surface area contributed by atoms with Crippen LogP contribution in [-0.4, -0.2) is 101 Å².